The fraction of sp³-hybridized carbons (Fsp3) is 0.435. The molecule has 0 saturated carbocycles. The number of piperidine rings is 1. The summed E-state index contributed by atoms with van der Waals surface area (Å²) >= 11 is 0. The van der Waals surface area contributed by atoms with Gasteiger partial charge in [0.25, 0.3) is 5.89 Å². The molecule has 9 nitrogen and oxygen atoms in total. The van der Waals surface area contributed by atoms with Crippen LogP contribution in [0.2, 0.25) is 0 Å². The van der Waals surface area contributed by atoms with Crippen molar-refractivity contribution in [1.82, 2.24) is 20.1 Å². The quantitative estimate of drug-likeness (QED) is 0.485. The minimum Gasteiger partial charge on any atom is -0.415 e. The first-order valence-corrected chi connectivity index (χ1v) is 12.7. The summed E-state index contributed by atoms with van der Waals surface area (Å²) in [6, 6.07) is 12.7. The van der Waals surface area contributed by atoms with E-state index in [9.17, 15) is 17.2 Å². The average Bonchev–Trinajstić information content (AvgIpc) is 3.37. The number of para-hydroxylation sites is 1. The first-order valence-electron chi connectivity index (χ1n) is 11.1. The number of benzene rings is 1. The topological polar surface area (TPSA) is 110 Å². The number of hydrogen-bond donors (Lipinski definition) is 1. The van der Waals surface area contributed by atoms with Gasteiger partial charge in [-0.15, -0.1) is 10.2 Å². The molecule has 0 radical (unpaired) electrons. The molecule has 1 fully saturated rings. The highest BCUT2D eigenvalue weighted by molar-refractivity contribution is 7.93. The van der Waals surface area contributed by atoms with Gasteiger partial charge in [-0.2, -0.15) is 8.78 Å². The van der Waals surface area contributed by atoms with Gasteiger partial charge in [-0.25, -0.2) is 8.42 Å². The molecule has 3 aromatic rings. The molecule has 2 aromatic heterocycles. The van der Waals surface area contributed by atoms with Crippen molar-refractivity contribution < 1.29 is 26.4 Å². The van der Waals surface area contributed by atoms with Gasteiger partial charge < -0.3 is 9.15 Å². The van der Waals surface area contributed by atoms with Gasteiger partial charge in [-0.1, -0.05) is 18.2 Å². The number of aromatic nitrogens is 3. The number of ether oxygens (including phenoxy) is 1. The summed E-state index contributed by atoms with van der Waals surface area (Å²) in [6.45, 7) is 4.38. The van der Waals surface area contributed by atoms with Crippen molar-refractivity contribution >= 4 is 15.7 Å². The third kappa shape index (κ3) is 7.77. The van der Waals surface area contributed by atoms with Crippen LogP contribution < -0.4 is 4.72 Å². The predicted octanol–water partition coefficient (Wildman–Crippen LogP) is 4.00. The van der Waals surface area contributed by atoms with E-state index >= 15 is 0 Å². The number of alkyl halides is 2. The maximum atomic E-state index is 12.4. The van der Waals surface area contributed by atoms with Crippen molar-refractivity contribution in [2.75, 3.05) is 31.5 Å². The number of likely N-dealkylation sites (tertiary alicyclic amines) is 1. The van der Waals surface area contributed by atoms with Gasteiger partial charge in [0.05, 0.1) is 17.4 Å². The minimum absolute atomic E-state index is 0.0494. The van der Waals surface area contributed by atoms with Crippen LogP contribution in [0, 0.1) is 0 Å². The molecule has 0 spiro atoms. The van der Waals surface area contributed by atoms with Crippen LogP contribution in [-0.2, 0) is 14.8 Å². The lowest BCUT2D eigenvalue weighted by atomic mass is 10.1. The standard InChI is InChI=1S/C15H24N2O3S.C8H5F2N3O/c1-13(12-20-2)17-10-8-15(9-11-17)21(18,19)16-14-6-4-3-5-7-14;9-6(10)8-13-12-7(14-8)5-2-1-3-11-4-5/h3-7,13,15-16H,8-12H2,1-2H3;1-4,6H. The fourth-order valence-electron chi connectivity index (χ4n) is 3.66. The van der Waals surface area contributed by atoms with E-state index in [1.54, 1.807) is 37.6 Å². The number of methoxy groups -OCH3 is 1. The SMILES string of the molecule is COCC(C)N1CCC(S(=O)(=O)Nc2ccccc2)CC1.FC(F)c1nnc(-c2cccnc2)o1. The molecule has 3 heterocycles. The van der Waals surface area contributed by atoms with Crippen LogP contribution in [0.3, 0.4) is 0 Å². The van der Waals surface area contributed by atoms with E-state index in [0.717, 1.165) is 13.1 Å². The Morgan fingerprint density at radius 2 is 1.86 bits per heavy atom. The number of pyridine rings is 1. The summed E-state index contributed by atoms with van der Waals surface area (Å²) in [4.78, 5) is 6.09. The summed E-state index contributed by atoms with van der Waals surface area (Å²) in [7, 11) is -1.61. The van der Waals surface area contributed by atoms with E-state index in [-0.39, 0.29) is 11.1 Å². The van der Waals surface area contributed by atoms with Crippen molar-refractivity contribution in [2.45, 2.75) is 37.5 Å². The molecule has 0 bridgehead atoms. The van der Waals surface area contributed by atoms with Crippen LogP contribution in [0.1, 0.15) is 32.1 Å². The molecule has 4 rings (SSSR count). The molecule has 1 aromatic carbocycles. The lowest BCUT2D eigenvalue weighted by Crippen LogP contribution is -2.46. The lowest BCUT2D eigenvalue weighted by Gasteiger charge is -2.35. The van der Waals surface area contributed by atoms with Crippen LogP contribution in [-0.4, -0.2) is 66.6 Å². The molecule has 0 aliphatic carbocycles. The molecular weight excluding hydrogens is 480 g/mol. The van der Waals surface area contributed by atoms with Gasteiger partial charge in [0.2, 0.25) is 15.9 Å². The van der Waals surface area contributed by atoms with Crippen molar-refractivity contribution in [3.8, 4) is 11.5 Å². The molecule has 1 atom stereocenters. The van der Waals surface area contributed by atoms with Gasteiger partial charge in [0.1, 0.15) is 0 Å². The molecule has 1 saturated heterocycles. The van der Waals surface area contributed by atoms with E-state index in [4.69, 9.17) is 9.15 Å². The summed E-state index contributed by atoms with van der Waals surface area (Å²) in [5.41, 5.74) is 1.15. The highest BCUT2D eigenvalue weighted by Crippen LogP contribution is 2.23. The molecule has 35 heavy (non-hydrogen) atoms. The number of sulfonamides is 1. The monoisotopic (exact) mass is 509 g/mol. The minimum atomic E-state index is -3.31. The largest absolute Gasteiger partial charge is 0.415 e. The maximum absolute atomic E-state index is 12.4. The van der Waals surface area contributed by atoms with Crippen LogP contribution in [0.4, 0.5) is 14.5 Å². The molecule has 1 aliphatic rings. The van der Waals surface area contributed by atoms with E-state index in [1.807, 2.05) is 18.2 Å². The Labute approximate surface area is 203 Å². The van der Waals surface area contributed by atoms with Crippen LogP contribution >= 0.6 is 0 Å². The van der Waals surface area contributed by atoms with Gasteiger partial charge in [0.15, 0.2) is 0 Å². The van der Waals surface area contributed by atoms with Crippen molar-refractivity contribution in [3.05, 3.63) is 60.7 Å². The zero-order valence-electron chi connectivity index (χ0n) is 19.5. The normalized spacial score (nSPS) is 15.9. The summed E-state index contributed by atoms with van der Waals surface area (Å²) in [5.74, 6) is -0.628. The Balaban J connectivity index is 0.000000211. The Kier molecular flexibility index (Phi) is 9.64. The highest BCUT2D eigenvalue weighted by atomic mass is 32.2. The lowest BCUT2D eigenvalue weighted by molar-refractivity contribution is 0.0870. The Morgan fingerprint density at radius 3 is 2.43 bits per heavy atom. The molecule has 12 heteroatoms. The first kappa shape index (κ1) is 26.6. The van der Waals surface area contributed by atoms with Gasteiger partial charge in [-0.05, 0) is 57.1 Å². The fourth-order valence-corrected chi connectivity index (χ4v) is 5.12. The van der Waals surface area contributed by atoms with E-state index in [0.29, 0.717) is 36.7 Å². The number of nitrogens with one attached hydrogen (secondary N) is 1. The second-order valence-electron chi connectivity index (χ2n) is 8.04. The summed E-state index contributed by atoms with van der Waals surface area (Å²) in [5, 5.41) is 6.35. The van der Waals surface area contributed by atoms with Crippen molar-refractivity contribution in [3.63, 3.8) is 0 Å². The highest BCUT2D eigenvalue weighted by Gasteiger charge is 2.31. The van der Waals surface area contributed by atoms with Crippen LogP contribution in [0.15, 0.2) is 59.3 Å². The summed E-state index contributed by atoms with van der Waals surface area (Å²) < 4.78 is 61.5. The molecule has 1 N–H and O–H groups in total. The number of halogens is 2. The van der Waals surface area contributed by atoms with Gasteiger partial charge in [-0.3, -0.25) is 14.6 Å². The Bertz CT molecular complexity index is 1130. The number of anilines is 1. The van der Waals surface area contributed by atoms with Gasteiger partial charge in [0, 0.05) is 31.2 Å². The zero-order valence-corrected chi connectivity index (χ0v) is 20.4. The third-order valence-corrected chi connectivity index (χ3v) is 7.39. The first-order chi connectivity index (χ1) is 16.8. The van der Waals surface area contributed by atoms with Crippen LogP contribution in [0.5, 0.6) is 0 Å². The van der Waals surface area contributed by atoms with E-state index in [1.165, 1.54) is 6.20 Å². The maximum Gasteiger partial charge on any atom is 0.314 e. The second-order valence-corrected chi connectivity index (χ2v) is 10.0. The van der Waals surface area contributed by atoms with Crippen LogP contribution in [0.25, 0.3) is 11.5 Å². The predicted molar refractivity (Wildman–Crippen MR) is 127 cm³/mol. The Morgan fingerprint density at radius 1 is 1.14 bits per heavy atom. The molecule has 1 aliphatic heterocycles. The number of rotatable bonds is 8. The summed E-state index contributed by atoms with van der Waals surface area (Å²) in [6.07, 6.45) is 1.61. The van der Waals surface area contributed by atoms with Crippen molar-refractivity contribution in [2.24, 2.45) is 0 Å². The average molecular weight is 510 g/mol. The smallest absolute Gasteiger partial charge is 0.314 e. The third-order valence-electron chi connectivity index (χ3n) is 5.52. The molecule has 0 amide bonds. The van der Waals surface area contributed by atoms with E-state index in [2.05, 4.69) is 31.7 Å². The molecule has 190 valence electrons. The van der Waals surface area contributed by atoms with Gasteiger partial charge >= 0.3 is 6.43 Å². The number of nitrogens with zero attached hydrogens (tertiary/aromatic N) is 4. The zero-order chi connectivity index (χ0) is 25.3. The number of hydrogen-bond acceptors (Lipinski definition) is 8. The molecular formula is C23H29F2N5O4S. The van der Waals surface area contributed by atoms with Crippen molar-refractivity contribution in [1.29, 1.82) is 0 Å². The second kappa shape index (κ2) is 12.7. The van der Waals surface area contributed by atoms with E-state index < -0.39 is 22.3 Å². The molecule has 1 unspecified atom stereocenters. The Hall–Kier alpha value is -2.96.